The maximum absolute atomic E-state index is 12.0. The molecule has 3 aromatic rings. The van der Waals surface area contributed by atoms with Crippen LogP contribution in [0.15, 0.2) is 72.8 Å². The number of ether oxygens (including phenoxy) is 3. The van der Waals surface area contributed by atoms with Crippen molar-refractivity contribution < 1.29 is 19.0 Å². The lowest BCUT2D eigenvalue weighted by molar-refractivity contribution is -0.128. The molecule has 29 heavy (non-hydrogen) atoms. The minimum atomic E-state index is -0.494. The van der Waals surface area contributed by atoms with Crippen molar-refractivity contribution >= 4 is 23.6 Å². The number of hydrogen-bond donors (Lipinski definition) is 0. The third-order valence-electron chi connectivity index (χ3n) is 4.26. The predicted molar refractivity (Wildman–Crippen MR) is 115 cm³/mol. The molecule has 0 aliphatic heterocycles. The molecule has 0 unspecified atom stereocenters. The smallest absolute Gasteiger partial charge is 0.336 e. The summed E-state index contributed by atoms with van der Waals surface area (Å²) in [5, 5.41) is 0.505. The van der Waals surface area contributed by atoms with E-state index in [-0.39, 0.29) is 0 Å². The first kappa shape index (κ1) is 20.5. The SMILES string of the molecule is COc1cc(/C=C/C(=O)Oc2cccc(Cl)c2)ccc1OCc1ccccc1C. The molecule has 0 aliphatic rings. The molecule has 0 saturated heterocycles. The van der Waals surface area contributed by atoms with Crippen molar-refractivity contribution in [2.45, 2.75) is 13.5 Å². The predicted octanol–water partition coefficient (Wildman–Crippen LogP) is 5.85. The molecule has 0 radical (unpaired) electrons. The first-order chi connectivity index (χ1) is 14.0. The average molecular weight is 409 g/mol. The number of rotatable bonds is 7. The molecule has 5 heteroatoms. The molecular formula is C24H21ClO4. The van der Waals surface area contributed by atoms with Gasteiger partial charge in [-0.05, 0) is 60.0 Å². The summed E-state index contributed by atoms with van der Waals surface area (Å²) < 4.78 is 16.6. The topological polar surface area (TPSA) is 44.8 Å². The van der Waals surface area contributed by atoms with Gasteiger partial charge in [-0.1, -0.05) is 48.0 Å². The second-order valence-corrected chi connectivity index (χ2v) is 6.77. The highest BCUT2D eigenvalue weighted by atomic mass is 35.5. The Balaban J connectivity index is 1.65. The number of methoxy groups -OCH3 is 1. The molecule has 0 saturated carbocycles. The Morgan fingerprint density at radius 2 is 1.83 bits per heavy atom. The van der Waals surface area contributed by atoms with Gasteiger partial charge in [0.05, 0.1) is 7.11 Å². The van der Waals surface area contributed by atoms with Crippen LogP contribution in [0.4, 0.5) is 0 Å². The van der Waals surface area contributed by atoms with Gasteiger partial charge in [-0.25, -0.2) is 4.79 Å². The van der Waals surface area contributed by atoms with Crippen molar-refractivity contribution in [1.82, 2.24) is 0 Å². The lowest BCUT2D eigenvalue weighted by atomic mass is 10.1. The lowest BCUT2D eigenvalue weighted by Gasteiger charge is -2.12. The third kappa shape index (κ3) is 5.87. The van der Waals surface area contributed by atoms with Crippen LogP contribution in [0, 0.1) is 6.92 Å². The highest BCUT2D eigenvalue weighted by molar-refractivity contribution is 6.30. The molecule has 0 N–H and O–H groups in total. The summed E-state index contributed by atoms with van der Waals surface area (Å²) in [5.41, 5.74) is 3.07. The molecule has 0 spiro atoms. The standard InChI is InChI=1S/C24H21ClO4/c1-17-6-3-4-7-19(17)16-28-22-12-10-18(14-23(22)27-2)11-13-24(26)29-21-9-5-8-20(25)15-21/h3-15H,16H2,1-2H3/b13-11+. The van der Waals surface area contributed by atoms with E-state index in [9.17, 15) is 4.79 Å². The van der Waals surface area contributed by atoms with Crippen LogP contribution in [0.1, 0.15) is 16.7 Å². The van der Waals surface area contributed by atoms with Gasteiger partial charge in [0.15, 0.2) is 11.5 Å². The number of halogens is 1. The van der Waals surface area contributed by atoms with Gasteiger partial charge < -0.3 is 14.2 Å². The van der Waals surface area contributed by atoms with E-state index in [1.807, 2.05) is 43.3 Å². The van der Waals surface area contributed by atoms with E-state index in [0.29, 0.717) is 28.9 Å². The maximum atomic E-state index is 12.0. The number of hydrogen-bond acceptors (Lipinski definition) is 4. The number of aryl methyl sites for hydroxylation is 1. The summed E-state index contributed by atoms with van der Waals surface area (Å²) in [6.07, 6.45) is 3.00. The molecule has 0 atom stereocenters. The molecule has 0 amide bonds. The van der Waals surface area contributed by atoms with Crippen LogP contribution in [-0.4, -0.2) is 13.1 Å². The van der Waals surface area contributed by atoms with Crippen molar-refractivity contribution in [1.29, 1.82) is 0 Å². The molecule has 3 rings (SSSR count). The minimum Gasteiger partial charge on any atom is -0.493 e. The van der Waals surface area contributed by atoms with Gasteiger partial charge in [0.25, 0.3) is 0 Å². The Labute approximate surface area is 175 Å². The average Bonchev–Trinajstić information content (AvgIpc) is 2.72. The normalized spacial score (nSPS) is 10.7. The fourth-order valence-electron chi connectivity index (χ4n) is 2.68. The van der Waals surface area contributed by atoms with Crippen LogP contribution < -0.4 is 14.2 Å². The van der Waals surface area contributed by atoms with E-state index in [0.717, 1.165) is 11.1 Å². The summed E-state index contributed by atoms with van der Waals surface area (Å²) >= 11 is 5.89. The Bertz CT molecular complexity index is 1030. The minimum absolute atomic E-state index is 0.393. The summed E-state index contributed by atoms with van der Waals surface area (Å²) in [6, 6.07) is 20.2. The molecule has 0 fully saturated rings. The molecule has 3 aromatic carbocycles. The molecule has 0 heterocycles. The van der Waals surface area contributed by atoms with Gasteiger partial charge in [0.1, 0.15) is 12.4 Å². The van der Waals surface area contributed by atoms with Crippen molar-refractivity contribution in [3.05, 3.63) is 94.5 Å². The molecule has 0 aromatic heterocycles. The second-order valence-electron chi connectivity index (χ2n) is 6.34. The fourth-order valence-corrected chi connectivity index (χ4v) is 2.86. The van der Waals surface area contributed by atoms with Crippen LogP contribution in [0.3, 0.4) is 0 Å². The van der Waals surface area contributed by atoms with Gasteiger partial charge in [-0.15, -0.1) is 0 Å². The van der Waals surface area contributed by atoms with Gasteiger partial charge in [-0.2, -0.15) is 0 Å². The quantitative estimate of drug-likeness (QED) is 0.279. The van der Waals surface area contributed by atoms with E-state index >= 15 is 0 Å². The fraction of sp³-hybridized carbons (Fsp3) is 0.125. The zero-order valence-corrected chi connectivity index (χ0v) is 17.0. The molecule has 4 nitrogen and oxygen atoms in total. The summed E-state index contributed by atoms with van der Waals surface area (Å²) in [4.78, 5) is 12.0. The third-order valence-corrected chi connectivity index (χ3v) is 4.49. The summed E-state index contributed by atoms with van der Waals surface area (Å²) in [5.74, 6) is 1.12. The molecule has 0 aliphatic carbocycles. The van der Waals surface area contributed by atoms with Crippen LogP contribution >= 0.6 is 11.6 Å². The van der Waals surface area contributed by atoms with E-state index in [1.165, 1.54) is 11.6 Å². The van der Waals surface area contributed by atoms with Crippen molar-refractivity contribution in [2.24, 2.45) is 0 Å². The Hall–Kier alpha value is -3.24. The zero-order valence-electron chi connectivity index (χ0n) is 16.2. The monoisotopic (exact) mass is 408 g/mol. The number of benzene rings is 3. The Morgan fingerprint density at radius 1 is 1.00 bits per heavy atom. The van der Waals surface area contributed by atoms with E-state index < -0.39 is 5.97 Å². The molecule has 0 bridgehead atoms. The van der Waals surface area contributed by atoms with E-state index in [2.05, 4.69) is 0 Å². The van der Waals surface area contributed by atoms with Crippen molar-refractivity contribution in [2.75, 3.05) is 7.11 Å². The summed E-state index contributed by atoms with van der Waals surface area (Å²) in [7, 11) is 1.58. The van der Waals surface area contributed by atoms with Gasteiger partial charge >= 0.3 is 5.97 Å². The Kier molecular flexibility index (Phi) is 6.93. The zero-order chi connectivity index (χ0) is 20.6. The molecular weight excluding hydrogens is 388 g/mol. The largest absolute Gasteiger partial charge is 0.493 e. The molecule has 148 valence electrons. The van der Waals surface area contributed by atoms with Crippen molar-refractivity contribution in [3.63, 3.8) is 0 Å². The van der Waals surface area contributed by atoms with Crippen molar-refractivity contribution in [3.8, 4) is 17.2 Å². The van der Waals surface area contributed by atoms with E-state index in [1.54, 1.807) is 43.5 Å². The van der Waals surface area contributed by atoms with Crippen LogP contribution in [0.2, 0.25) is 5.02 Å². The number of esters is 1. The van der Waals surface area contributed by atoms with Crippen LogP contribution in [-0.2, 0) is 11.4 Å². The van der Waals surface area contributed by atoms with Crippen LogP contribution in [0.5, 0.6) is 17.2 Å². The first-order valence-electron chi connectivity index (χ1n) is 9.06. The number of carbonyl (C=O) groups is 1. The Morgan fingerprint density at radius 3 is 2.59 bits per heavy atom. The van der Waals surface area contributed by atoms with Crippen LogP contribution in [0.25, 0.3) is 6.08 Å². The lowest BCUT2D eigenvalue weighted by Crippen LogP contribution is -2.03. The van der Waals surface area contributed by atoms with Gasteiger partial charge in [0, 0.05) is 11.1 Å². The summed E-state index contributed by atoms with van der Waals surface area (Å²) in [6.45, 7) is 2.50. The second kappa shape index (κ2) is 9.80. The van der Waals surface area contributed by atoms with Gasteiger partial charge in [-0.3, -0.25) is 0 Å². The van der Waals surface area contributed by atoms with Gasteiger partial charge in [0.2, 0.25) is 0 Å². The highest BCUT2D eigenvalue weighted by Gasteiger charge is 2.07. The number of carbonyl (C=O) groups excluding carboxylic acids is 1. The highest BCUT2D eigenvalue weighted by Crippen LogP contribution is 2.29. The first-order valence-corrected chi connectivity index (χ1v) is 9.44. The van der Waals surface area contributed by atoms with E-state index in [4.69, 9.17) is 25.8 Å². The maximum Gasteiger partial charge on any atom is 0.336 e.